The molecule has 1 rings (SSSR count). The van der Waals surface area contributed by atoms with Crippen molar-refractivity contribution in [1.82, 2.24) is 10.2 Å². The van der Waals surface area contributed by atoms with Crippen LogP contribution in [0.1, 0.15) is 19.8 Å². The Bertz CT molecular complexity index is 168. The third-order valence-corrected chi connectivity index (χ3v) is 2.96. The zero-order valence-corrected chi connectivity index (χ0v) is 10.9. The van der Waals surface area contributed by atoms with Crippen molar-refractivity contribution in [2.24, 2.45) is 0 Å². The molecule has 1 aliphatic rings. The minimum Gasteiger partial charge on any atom is -0.383 e. The molecular weight excluding hydrogens is 204 g/mol. The Morgan fingerprint density at radius 3 is 2.56 bits per heavy atom. The maximum atomic E-state index is 5.24. The predicted molar refractivity (Wildman–Crippen MR) is 65.8 cm³/mol. The highest BCUT2D eigenvalue weighted by molar-refractivity contribution is 4.86. The first-order chi connectivity index (χ1) is 7.81. The molecule has 1 aliphatic carbocycles. The minimum atomic E-state index is 0.437. The second-order valence-corrected chi connectivity index (χ2v) is 4.43. The van der Waals surface area contributed by atoms with E-state index in [2.05, 4.69) is 17.1 Å². The van der Waals surface area contributed by atoms with Crippen molar-refractivity contribution < 1.29 is 9.47 Å². The summed E-state index contributed by atoms with van der Waals surface area (Å²) in [5.41, 5.74) is 0. The second-order valence-electron chi connectivity index (χ2n) is 4.43. The number of ether oxygens (including phenoxy) is 2. The lowest BCUT2D eigenvalue weighted by molar-refractivity contribution is 0.110. The van der Waals surface area contributed by atoms with Crippen LogP contribution in [0.25, 0.3) is 0 Å². The van der Waals surface area contributed by atoms with E-state index in [0.29, 0.717) is 6.04 Å². The number of hydrogen-bond acceptors (Lipinski definition) is 4. The molecule has 1 unspecified atom stereocenters. The summed E-state index contributed by atoms with van der Waals surface area (Å²) in [5, 5.41) is 3.47. The van der Waals surface area contributed by atoms with E-state index in [1.54, 1.807) is 14.2 Å². The fourth-order valence-electron chi connectivity index (χ4n) is 2.02. The first-order valence-corrected chi connectivity index (χ1v) is 6.27. The smallest absolute Gasteiger partial charge is 0.0628 e. The molecule has 0 saturated heterocycles. The van der Waals surface area contributed by atoms with E-state index in [4.69, 9.17) is 9.47 Å². The van der Waals surface area contributed by atoms with Gasteiger partial charge in [-0.15, -0.1) is 0 Å². The number of hydrogen-bond donors (Lipinski definition) is 1. The Labute approximate surface area is 99.3 Å². The Morgan fingerprint density at radius 1 is 1.31 bits per heavy atom. The van der Waals surface area contributed by atoms with Gasteiger partial charge in [-0.1, -0.05) is 6.92 Å². The fourth-order valence-corrected chi connectivity index (χ4v) is 2.02. The number of nitrogens with one attached hydrogen (secondary N) is 1. The molecule has 0 aromatic heterocycles. The van der Waals surface area contributed by atoms with Gasteiger partial charge >= 0.3 is 0 Å². The van der Waals surface area contributed by atoms with Gasteiger partial charge in [-0.3, -0.25) is 4.90 Å². The van der Waals surface area contributed by atoms with Gasteiger partial charge in [-0.05, 0) is 19.4 Å². The van der Waals surface area contributed by atoms with E-state index in [0.717, 1.165) is 38.9 Å². The van der Waals surface area contributed by atoms with Crippen molar-refractivity contribution >= 4 is 0 Å². The summed E-state index contributed by atoms with van der Waals surface area (Å²) in [6.45, 7) is 6.84. The molecule has 1 N–H and O–H groups in total. The van der Waals surface area contributed by atoms with Gasteiger partial charge < -0.3 is 14.8 Å². The van der Waals surface area contributed by atoms with Gasteiger partial charge in [-0.25, -0.2) is 0 Å². The van der Waals surface area contributed by atoms with E-state index in [1.807, 2.05) is 0 Å². The number of methoxy groups -OCH3 is 2. The normalized spacial score (nSPS) is 18.0. The topological polar surface area (TPSA) is 33.7 Å². The molecule has 0 bridgehead atoms. The van der Waals surface area contributed by atoms with Crippen LogP contribution < -0.4 is 5.32 Å². The van der Waals surface area contributed by atoms with E-state index >= 15 is 0 Å². The van der Waals surface area contributed by atoms with Crippen LogP contribution in [0.4, 0.5) is 0 Å². The molecule has 1 fully saturated rings. The third-order valence-electron chi connectivity index (χ3n) is 2.96. The van der Waals surface area contributed by atoms with Crippen molar-refractivity contribution in [3.8, 4) is 0 Å². The van der Waals surface area contributed by atoms with E-state index in [9.17, 15) is 0 Å². The summed E-state index contributed by atoms with van der Waals surface area (Å²) in [5.74, 6) is 0. The summed E-state index contributed by atoms with van der Waals surface area (Å²) < 4.78 is 10.4. The molecule has 0 spiro atoms. The zero-order valence-electron chi connectivity index (χ0n) is 10.9. The van der Waals surface area contributed by atoms with E-state index in [-0.39, 0.29) is 0 Å². The molecule has 0 aromatic carbocycles. The van der Waals surface area contributed by atoms with Crippen LogP contribution in [0.3, 0.4) is 0 Å². The molecule has 1 saturated carbocycles. The monoisotopic (exact) mass is 230 g/mol. The number of likely N-dealkylation sites (N-methyl/N-ethyl adjacent to an activating group) is 1. The van der Waals surface area contributed by atoms with Gasteiger partial charge in [0.25, 0.3) is 0 Å². The van der Waals surface area contributed by atoms with Crippen molar-refractivity contribution in [3.05, 3.63) is 0 Å². The van der Waals surface area contributed by atoms with Crippen LogP contribution in [0.15, 0.2) is 0 Å². The van der Waals surface area contributed by atoms with Crippen LogP contribution in [0.5, 0.6) is 0 Å². The van der Waals surface area contributed by atoms with E-state index in [1.165, 1.54) is 12.8 Å². The molecule has 0 radical (unpaired) electrons. The fraction of sp³-hybridized carbons (Fsp3) is 1.00. The molecule has 0 heterocycles. The van der Waals surface area contributed by atoms with Crippen molar-refractivity contribution in [2.75, 3.05) is 47.1 Å². The Hall–Kier alpha value is -0.160. The maximum Gasteiger partial charge on any atom is 0.0628 e. The molecule has 0 aliphatic heterocycles. The molecule has 0 aromatic rings. The standard InChI is InChI=1S/C12H26N2O2/c1-4-13-11(10-16-3)9-14(7-8-15-2)12-5-6-12/h11-13H,4-10H2,1-3H3. The lowest BCUT2D eigenvalue weighted by atomic mass is 10.2. The lowest BCUT2D eigenvalue weighted by Gasteiger charge is -2.27. The van der Waals surface area contributed by atoms with Gasteiger partial charge in [0, 0.05) is 39.4 Å². The summed E-state index contributed by atoms with van der Waals surface area (Å²) in [4.78, 5) is 2.52. The van der Waals surface area contributed by atoms with Gasteiger partial charge in [0.1, 0.15) is 0 Å². The summed E-state index contributed by atoms with van der Waals surface area (Å²) in [6, 6.07) is 1.22. The van der Waals surface area contributed by atoms with Gasteiger partial charge in [0.2, 0.25) is 0 Å². The molecule has 4 nitrogen and oxygen atoms in total. The summed E-state index contributed by atoms with van der Waals surface area (Å²) in [7, 11) is 3.53. The number of nitrogens with zero attached hydrogens (tertiary/aromatic N) is 1. The summed E-state index contributed by atoms with van der Waals surface area (Å²) >= 11 is 0. The van der Waals surface area contributed by atoms with Crippen LogP contribution in [-0.2, 0) is 9.47 Å². The quantitative estimate of drug-likeness (QED) is 0.600. The largest absolute Gasteiger partial charge is 0.383 e. The van der Waals surface area contributed by atoms with E-state index < -0.39 is 0 Å². The van der Waals surface area contributed by atoms with Crippen molar-refractivity contribution in [2.45, 2.75) is 31.8 Å². The molecule has 96 valence electrons. The molecule has 1 atom stereocenters. The molecule has 4 heteroatoms. The SMILES string of the molecule is CCNC(COC)CN(CCOC)C1CC1. The zero-order chi connectivity index (χ0) is 11.8. The second kappa shape index (κ2) is 8.01. The van der Waals surface area contributed by atoms with Gasteiger partial charge in [-0.2, -0.15) is 0 Å². The predicted octanol–water partition coefficient (Wildman–Crippen LogP) is 0.722. The molecular formula is C12H26N2O2. The van der Waals surface area contributed by atoms with Crippen LogP contribution in [-0.4, -0.2) is 64.1 Å². The molecule has 0 amide bonds. The third kappa shape index (κ3) is 5.25. The van der Waals surface area contributed by atoms with Crippen LogP contribution in [0.2, 0.25) is 0 Å². The number of rotatable bonds is 10. The average molecular weight is 230 g/mol. The average Bonchev–Trinajstić information content (AvgIpc) is 3.08. The lowest BCUT2D eigenvalue weighted by Crippen LogP contribution is -2.45. The highest BCUT2D eigenvalue weighted by atomic mass is 16.5. The van der Waals surface area contributed by atoms with Crippen LogP contribution >= 0.6 is 0 Å². The van der Waals surface area contributed by atoms with Crippen molar-refractivity contribution in [1.29, 1.82) is 0 Å². The van der Waals surface area contributed by atoms with Gasteiger partial charge in [0.15, 0.2) is 0 Å². The van der Waals surface area contributed by atoms with Crippen molar-refractivity contribution in [3.63, 3.8) is 0 Å². The Kier molecular flexibility index (Phi) is 6.96. The highest BCUT2D eigenvalue weighted by Gasteiger charge is 2.29. The van der Waals surface area contributed by atoms with Crippen LogP contribution in [0, 0.1) is 0 Å². The first-order valence-electron chi connectivity index (χ1n) is 6.27. The molecule has 16 heavy (non-hydrogen) atoms. The maximum absolute atomic E-state index is 5.24. The summed E-state index contributed by atoms with van der Waals surface area (Å²) in [6.07, 6.45) is 2.69. The highest BCUT2D eigenvalue weighted by Crippen LogP contribution is 2.26. The first kappa shape index (κ1) is 13.9. The Morgan fingerprint density at radius 2 is 2.06 bits per heavy atom. The minimum absolute atomic E-state index is 0.437. The Balaban J connectivity index is 2.31. The van der Waals surface area contributed by atoms with Gasteiger partial charge in [0.05, 0.1) is 13.2 Å².